The minimum Gasteiger partial charge on any atom is -0.497 e. The molecule has 0 saturated carbocycles. The molecule has 0 heterocycles. The van der Waals surface area contributed by atoms with Crippen molar-refractivity contribution in [3.05, 3.63) is 70.2 Å². The molecule has 104 valence electrons. The van der Waals surface area contributed by atoms with E-state index < -0.39 is 0 Å². The first-order valence-electron chi connectivity index (χ1n) is 6.00. The van der Waals surface area contributed by atoms with E-state index in [1.54, 1.807) is 25.3 Å². The SMILES string of the molecule is C=C(OCc1ccc(OC)cc1)c1ccc(Cl)cc1Cl. The van der Waals surface area contributed by atoms with Crippen LogP contribution >= 0.6 is 23.2 Å². The number of hydrogen-bond acceptors (Lipinski definition) is 2. The van der Waals surface area contributed by atoms with Gasteiger partial charge in [-0.2, -0.15) is 0 Å². The largest absolute Gasteiger partial charge is 0.497 e. The molecule has 0 aliphatic heterocycles. The number of hydrogen-bond donors (Lipinski definition) is 0. The van der Waals surface area contributed by atoms with Gasteiger partial charge in [0.2, 0.25) is 0 Å². The Labute approximate surface area is 128 Å². The van der Waals surface area contributed by atoms with Crippen LogP contribution in [-0.4, -0.2) is 7.11 Å². The summed E-state index contributed by atoms with van der Waals surface area (Å²) in [6.07, 6.45) is 0. The second-order valence-electron chi connectivity index (χ2n) is 4.18. The van der Waals surface area contributed by atoms with Crippen LogP contribution in [0.2, 0.25) is 10.0 Å². The topological polar surface area (TPSA) is 18.5 Å². The second-order valence-corrected chi connectivity index (χ2v) is 5.03. The highest BCUT2D eigenvalue weighted by molar-refractivity contribution is 6.35. The zero-order valence-corrected chi connectivity index (χ0v) is 12.5. The Hall–Kier alpha value is -1.64. The van der Waals surface area contributed by atoms with E-state index in [9.17, 15) is 0 Å². The van der Waals surface area contributed by atoms with E-state index in [1.807, 2.05) is 24.3 Å². The van der Waals surface area contributed by atoms with E-state index in [1.165, 1.54) is 0 Å². The van der Waals surface area contributed by atoms with Crippen molar-refractivity contribution in [1.29, 1.82) is 0 Å². The quantitative estimate of drug-likeness (QED) is 0.708. The molecule has 0 N–H and O–H groups in total. The molecule has 0 fully saturated rings. The van der Waals surface area contributed by atoms with Crippen molar-refractivity contribution in [3.63, 3.8) is 0 Å². The van der Waals surface area contributed by atoms with Crippen molar-refractivity contribution < 1.29 is 9.47 Å². The van der Waals surface area contributed by atoms with Gasteiger partial charge in [0.25, 0.3) is 0 Å². The molecule has 0 saturated heterocycles. The lowest BCUT2D eigenvalue weighted by atomic mass is 10.2. The molecule has 0 amide bonds. The summed E-state index contributed by atoms with van der Waals surface area (Å²) in [6, 6.07) is 12.9. The maximum absolute atomic E-state index is 6.10. The highest BCUT2D eigenvalue weighted by atomic mass is 35.5. The normalized spacial score (nSPS) is 10.2. The number of halogens is 2. The third-order valence-electron chi connectivity index (χ3n) is 2.80. The van der Waals surface area contributed by atoms with Gasteiger partial charge in [0, 0.05) is 10.6 Å². The maximum atomic E-state index is 6.10. The molecule has 2 nitrogen and oxygen atoms in total. The Balaban J connectivity index is 2.00. The molecule has 2 aromatic carbocycles. The first-order chi connectivity index (χ1) is 9.60. The number of methoxy groups -OCH3 is 1. The summed E-state index contributed by atoms with van der Waals surface area (Å²) in [4.78, 5) is 0. The van der Waals surface area contributed by atoms with Crippen LogP contribution in [0.5, 0.6) is 5.75 Å². The first-order valence-corrected chi connectivity index (χ1v) is 6.76. The van der Waals surface area contributed by atoms with Gasteiger partial charge in [0.1, 0.15) is 18.1 Å². The third kappa shape index (κ3) is 3.69. The van der Waals surface area contributed by atoms with Gasteiger partial charge in [-0.05, 0) is 35.9 Å². The van der Waals surface area contributed by atoms with E-state index in [0.717, 1.165) is 16.9 Å². The van der Waals surface area contributed by atoms with Gasteiger partial charge in [-0.25, -0.2) is 0 Å². The lowest BCUT2D eigenvalue weighted by Crippen LogP contribution is -1.94. The van der Waals surface area contributed by atoms with Crippen LogP contribution < -0.4 is 4.74 Å². The summed E-state index contributed by atoms with van der Waals surface area (Å²) in [5.41, 5.74) is 1.77. The monoisotopic (exact) mass is 308 g/mol. The first kappa shape index (κ1) is 14.8. The molecular weight excluding hydrogens is 295 g/mol. The lowest BCUT2D eigenvalue weighted by molar-refractivity contribution is 0.265. The average molecular weight is 309 g/mol. The number of rotatable bonds is 5. The minimum absolute atomic E-state index is 0.418. The predicted molar refractivity (Wildman–Crippen MR) is 83.3 cm³/mol. The van der Waals surface area contributed by atoms with Gasteiger partial charge in [-0.1, -0.05) is 41.9 Å². The Bertz CT molecular complexity index is 606. The molecular formula is C16H14Cl2O2. The molecule has 2 aromatic rings. The van der Waals surface area contributed by atoms with Crippen molar-refractivity contribution >= 4 is 29.0 Å². The van der Waals surface area contributed by atoms with Crippen LogP contribution in [0.25, 0.3) is 5.76 Å². The van der Waals surface area contributed by atoms with Gasteiger partial charge in [-0.15, -0.1) is 0 Å². The molecule has 0 unspecified atom stereocenters. The standard InChI is InChI=1S/C16H14Cl2O2/c1-11(15-8-5-13(17)9-16(15)18)20-10-12-3-6-14(19-2)7-4-12/h3-9H,1,10H2,2H3. The highest BCUT2D eigenvalue weighted by Crippen LogP contribution is 2.27. The zero-order valence-electron chi connectivity index (χ0n) is 11.0. The van der Waals surface area contributed by atoms with Crippen molar-refractivity contribution in [2.45, 2.75) is 6.61 Å². The molecule has 2 rings (SSSR count). The molecule has 0 spiro atoms. The summed E-state index contributed by atoms with van der Waals surface area (Å²) >= 11 is 12.0. The minimum atomic E-state index is 0.418. The van der Waals surface area contributed by atoms with Crippen molar-refractivity contribution in [2.75, 3.05) is 7.11 Å². The smallest absolute Gasteiger partial charge is 0.121 e. The van der Waals surface area contributed by atoms with Crippen LogP contribution in [0.4, 0.5) is 0 Å². The molecule has 0 bridgehead atoms. The van der Waals surface area contributed by atoms with Gasteiger partial charge >= 0.3 is 0 Å². The third-order valence-corrected chi connectivity index (χ3v) is 3.35. The highest BCUT2D eigenvalue weighted by Gasteiger charge is 2.06. The predicted octanol–water partition coefficient (Wildman–Crippen LogP) is 5.19. The van der Waals surface area contributed by atoms with Gasteiger partial charge in [-0.3, -0.25) is 0 Å². The summed E-state index contributed by atoms with van der Waals surface area (Å²) < 4.78 is 10.7. The Kier molecular flexibility index (Phi) is 4.94. The van der Waals surface area contributed by atoms with E-state index in [2.05, 4.69) is 6.58 Å². The zero-order chi connectivity index (χ0) is 14.5. The van der Waals surface area contributed by atoms with Crippen molar-refractivity contribution in [3.8, 4) is 5.75 Å². The summed E-state index contributed by atoms with van der Waals surface area (Å²) in [5, 5.41) is 1.11. The van der Waals surface area contributed by atoms with Crippen molar-refractivity contribution in [1.82, 2.24) is 0 Å². The average Bonchev–Trinajstić information content (AvgIpc) is 2.45. The van der Waals surface area contributed by atoms with Crippen LogP contribution in [0.3, 0.4) is 0 Å². The van der Waals surface area contributed by atoms with E-state index >= 15 is 0 Å². The Morgan fingerprint density at radius 3 is 2.40 bits per heavy atom. The number of benzene rings is 2. The molecule has 20 heavy (non-hydrogen) atoms. The fourth-order valence-electron chi connectivity index (χ4n) is 1.69. The lowest BCUT2D eigenvalue weighted by Gasteiger charge is -2.11. The van der Waals surface area contributed by atoms with Crippen LogP contribution in [-0.2, 0) is 11.3 Å². The van der Waals surface area contributed by atoms with E-state index in [-0.39, 0.29) is 0 Å². The fourth-order valence-corrected chi connectivity index (χ4v) is 2.20. The molecule has 0 aliphatic rings. The summed E-state index contributed by atoms with van der Waals surface area (Å²) in [6.45, 7) is 4.31. The van der Waals surface area contributed by atoms with Gasteiger partial charge in [0.15, 0.2) is 0 Å². The molecule has 4 heteroatoms. The maximum Gasteiger partial charge on any atom is 0.121 e. The van der Waals surface area contributed by atoms with E-state index in [0.29, 0.717) is 22.4 Å². The van der Waals surface area contributed by atoms with Crippen LogP contribution in [0, 0.1) is 0 Å². The Morgan fingerprint density at radius 2 is 1.80 bits per heavy atom. The van der Waals surface area contributed by atoms with E-state index in [4.69, 9.17) is 32.7 Å². The van der Waals surface area contributed by atoms with Gasteiger partial charge in [0.05, 0.1) is 12.1 Å². The molecule has 0 radical (unpaired) electrons. The fraction of sp³-hybridized carbons (Fsp3) is 0.125. The molecule has 0 aliphatic carbocycles. The second kappa shape index (κ2) is 6.69. The van der Waals surface area contributed by atoms with Crippen LogP contribution in [0.15, 0.2) is 49.0 Å². The van der Waals surface area contributed by atoms with Crippen LogP contribution in [0.1, 0.15) is 11.1 Å². The molecule has 0 atom stereocenters. The molecule has 0 aromatic heterocycles. The Morgan fingerprint density at radius 1 is 1.10 bits per heavy atom. The van der Waals surface area contributed by atoms with Gasteiger partial charge < -0.3 is 9.47 Å². The summed E-state index contributed by atoms with van der Waals surface area (Å²) in [5.74, 6) is 1.33. The summed E-state index contributed by atoms with van der Waals surface area (Å²) in [7, 11) is 1.63. The van der Waals surface area contributed by atoms with Crippen molar-refractivity contribution in [2.24, 2.45) is 0 Å². The number of ether oxygens (including phenoxy) is 2.